The van der Waals surface area contributed by atoms with Crippen LogP contribution >= 0.6 is 0 Å². The van der Waals surface area contributed by atoms with Gasteiger partial charge in [0.1, 0.15) is 0 Å². The van der Waals surface area contributed by atoms with Gasteiger partial charge in [-0.1, -0.05) is 0 Å². The fraction of sp³-hybridized carbons (Fsp3) is 0.667. The van der Waals surface area contributed by atoms with Gasteiger partial charge < -0.3 is 10.2 Å². The second-order valence-corrected chi connectivity index (χ2v) is 7.74. The molecule has 1 aliphatic rings. The fourth-order valence-electron chi connectivity index (χ4n) is 0.223. The van der Waals surface area contributed by atoms with Gasteiger partial charge in [-0.05, 0) is 0 Å². The summed E-state index contributed by atoms with van der Waals surface area (Å²) < 4.78 is 59.6. The molecule has 0 aromatic carbocycles. The third-order valence-electron chi connectivity index (χ3n) is 0.796. The molecule has 82 valence electrons. The van der Waals surface area contributed by atoms with E-state index in [0.717, 1.165) is 0 Å². The van der Waals surface area contributed by atoms with Gasteiger partial charge in [0.05, 0.1) is 0 Å². The van der Waals surface area contributed by atoms with Crippen LogP contribution in [0, 0.1) is 0 Å². The number of aliphatic hydroxyl groups excluding tert-OH is 2. The van der Waals surface area contributed by atoms with Crippen molar-refractivity contribution in [2.45, 2.75) is 12.2 Å². The van der Waals surface area contributed by atoms with E-state index < -0.39 is 31.7 Å². The number of ketones is 1. The molecule has 1 aliphatic carbocycles. The minimum atomic E-state index is -11.2. The molecule has 0 aliphatic heterocycles. The van der Waals surface area contributed by atoms with Gasteiger partial charge in [0, 0.05) is 0 Å². The SMILES string of the molecule is OC1C(=[OH+])C1O.[F][Sb-]([F])([F])([F])([F])[F]. The molecule has 0 aromatic heterocycles. The molecule has 0 bridgehead atoms. The van der Waals surface area contributed by atoms with Crippen molar-refractivity contribution < 1.29 is 31.9 Å². The Morgan fingerprint density at radius 2 is 1.00 bits per heavy atom. The zero-order valence-electron chi connectivity index (χ0n) is 5.71. The first kappa shape index (κ1) is 13.0. The van der Waals surface area contributed by atoms with Crippen molar-refractivity contribution in [3.8, 4) is 0 Å². The average molecular weight is 325 g/mol. The molecule has 1 saturated carbocycles. The molecule has 3 nitrogen and oxygen atoms in total. The number of carbonyl (C=O) groups excluding carboxylic acids is 1. The van der Waals surface area contributed by atoms with Crippen LogP contribution < -0.4 is 0 Å². The Bertz CT molecular complexity index is 207. The van der Waals surface area contributed by atoms with Crippen LogP contribution in [0.2, 0.25) is 0 Å². The van der Waals surface area contributed by atoms with E-state index in [4.69, 9.17) is 15.0 Å². The van der Waals surface area contributed by atoms with E-state index in [1.54, 1.807) is 0 Å². The Morgan fingerprint density at radius 1 is 0.923 bits per heavy atom. The zero-order valence-corrected chi connectivity index (χ0v) is 8.26. The van der Waals surface area contributed by atoms with Crippen LogP contribution in [0.15, 0.2) is 0 Å². The Kier molecular flexibility index (Phi) is 2.51. The fourth-order valence-corrected chi connectivity index (χ4v) is 0.223. The molecule has 1 rings (SSSR count). The van der Waals surface area contributed by atoms with Gasteiger partial charge in [-0.2, -0.15) is 0 Å². The van der Waals surface area contributed by atoms with Gasteiger partial charge in [-0.25, -0.2) is 0 Å². The molecule has 13 heavy (non-hydrogen) atoms. The van der Waals surface area contributed by atoms with Gasteiger partial charge in [0.15, 0.2) is 0 Å². The van der Waals surface area contributed by atoms with Crippen LogP contribution in [-0.4, -0.2) is 52.5 Å². The van der Waals surface area contributed by atoms with Gasteiger partial charge >= 0.3 is 42.1 Å². The van der Waals surface area contributed by atoms with E-state index in [9.17, 15) is 16.9 Å². The van der Waals surface area contributed by atoms with Crippen LogP contribution in [0.4, 0.5) is 16.9 Å². The first-order chi connectivity index (χ1) is 5.18. The summed E-state index contributed by atoms with van der Waals surface area (Å²) >= 11 is -11.2. The molecule has 1 fully saturated rings. The molecule has 0 amide bonds. The summed E-state index contributed by atoms with van der Waals surface area (Å²) in [5.41, 5.74) is 0. The van der Waals surface area contributed by atoms with Crippen molar-refractivity contribution in [1.29, 1.82) is 0 Å². The molecule has 0 spiro atoms. The summed E-state index contributed by atoms with van der Waals surface area (Å²) in [5, 5.41) is 16.3. The van der Waals surface area contributed by atoms with Crippen LogP contribution in [0.3, 0.4) is 0 Å². The Hall–Kier alpha value is -0.0118. The molecular weight excluding hydrogens is 320 g/mol. The van der Waals surface area contributed by atoms with Crippen molar-refractivity contribution in [2.75, 3.05) is 0 Å². The summed E-state index contributed by atoms with van der Waals surface area (Å²) in [5.74, 6) is -0.213. The van der Waals surface area contributed by atoms with Crippen molar-refractivity contribution in [1.82, 2.24) is 0 Å². The molecule has 2 atom stereocenters. The van der Waals surface area contributed by atoms with Gasteiger partial charge in [-0.3, -0.25) is 4.79 Å². The molecule has 0 heterocycles. The topological polar surface area (TPSA) is 61.9 Å². The second-order valence-electron chi connectivity index (χ2n) is 2.27. The van der Waals surface area contributed by atoms with Crippen molar-refractivity contribution in [2.24, 2.45) is 0 Å². The second kappa shape index (κ2) is 2.52. The number of rotatable bonds is 0. The predicted molar refractivity (Wildman–Crippen MR) is 31.4 cm³/mol. The Labute approximate surface area is 69.9 Å². The van der Waals surface area contributed by atoms with Crippen LogP contribution in [0.1, 0.15) is 0 Å². The zero-order chi connectivity index (χ0) is 11.1. The Balaban J connectivity index is 0.000000223. The van der Waals surface area contributed by atoms with E-state index >= 15 is 0 Å². The van der Waals surface area contributed by atoms with E-state index in [-0.39, 0.29) is 5.78 Å². The first-order valence-corrected chi connectivity index (χ1v) is 8.45. The van der Waals surface area contributed by atoms with E-state index in [0.29, 0.717) is 0 Å². The van der Waals surface area contributed by atoms with Gasteiger partial charge in [0.25, 0.3) is 0 Å². The van der Waals surface area contributed by atoms with Crippen LogP contribution in [0.25, 0.3) is 0 Å². The maximum absolute atomic E-state index is 11.2. The summed E-state index contributed by atoms with van der Waals surface area (Å²) in [6.07, 6.45) is -1.91. The quantitative estimate of drug-likeness (QED) is 0.385. The molecule has 0 aromatic rings. The third-order valence-corrected chi connectivity index (χ3v) is 0.796. The molecule has 0 radical (unpaired) electrons. The molecule has 3 N–H and O–H groups in total. The number of hydrogen-bond donors (Lipinski definition) is 2. The number of hydrogen-bond acceptors (Lipinski definition) is 2. The van der Waals surface area contributed by atoms with Crippen molar-refractivity contribution in [3.05, 3.63) is 0 Å². The summed E-state index contributed by atoms with van der Waals surface area (Å²) in [4.78, 5) is 8.12. The average Bonchev–Trinajstić information content (AvgIpc) is 2.14. The van der Waals surface area contributed by atoms with Crippen LogP contribution in [0.5, 0.6) is 0 Å². The standard InChI is InChI=1S/C3H4O3.6FH.Sb/c4-1-2(5)3(1)6;;;;;;;/h1-2,4-5H;6*1H;/q;;;;;;;+5/p-5. The third kappa shape index (κ3) is 12.0. The molecule has 2 unspecified atom stereocenters. The predicted octanol–water partition coefficient (Wildman–Crippen LogP) is 0.407. The maximum atomic E-state index is 9.93. The molecule has 10 heteroatoms. The molecule has 0 saturated heterocycles. The van der Waals surface area contributed by atoms with Gasteiger partial charge in [0.2, 0.25) is 12.2 Å². The Morgan fingerprint density at radius 3 is 1.00 bits per heavy atom. The summed E-state index contributed by atoms with van der Waals surface area (Å²) in [7, 11) is 0. The van der Waals surface area contributed by atoms with E-state index in [1.165, 1.54) is 0 Å². The minimum absolute atomic E-state index is 0.213. The van der Waals surface area contributed by atoms with Crippen molar-refractivity contribution in [3.63, 3.8) is 0 Å². The van der Waals surface area contributed by atoms with E-state index in [2.05, 4.69) is 0 Å². The molecular formula is C3H5F6O3Sb. The summed E-state index contributed by atoms with van der Waals surface area (Å²) in [6, 6.07) is 0. The number of halogens is 6. The van der Waals surface area contributed by atoms with E-state index in [1.807, 2.05) is 0 Å². The first-order valence-electron chi connectivity index (χ1n) is 2.66. The van der Waals surface area contributed by atoms with Crippen molar-refractivity contribution >= 4 is 25.3 Å². The number of aliphatic hydroxyl groups is 2. The summed E-state index contributed by atoms with van der Waals surface area (Å²) in [6.45, 7) is 0. The normalized spacial score (nSPS) is 32.5. The monoisotopic (exact) mass is 324 g/mol. The van der Waals surface area contributed by atoms with Crippen LogP contribution in [-0.2, 0) is 0 Å². The van der Waals surface area contributed by atoms with Gasteiger partial charge in [-0.15, -0.1) is 0 Å².